The highest BCUT2D eigenvalue weighted by molar-refractivity contribution is 7.89. The molecule has 7 nitrogen and oxygen atoms in total. The number of hydrogen-bond acceptors (Lipinski definition) is 4. The van der Waals surface area contributed by atoms with Gasteiger partial charge in [-0.25, -0.2) is 8.42 Å². The lowest BCUT2D eigenvalue weighted by Gasteiger charge is -2.34. The zero-order chi connectivity index (χ0) is 23.1. The molecule has 3 rings (SSSR count). The van der Waals surface area contributed by atoms with E-state index >= 15 is 0 Å². The van der Waals surface area contributed by atoms with Crippen molar-refractivity contribution in [2.75, 3.05) is 13.1 Å². The van der Waals surface area contributed by atoms with Crippen molar-refractivity contribution in [3.05, 3.63) is 64.7 Å². The van der Waals surface area contributed by atoms with Crippen molar-refractivity contribution in [1.29, 1.82) is 0 Å². The first-order valence-electron chi connectivity index (χ1n) is 10.7. The summed E-state index contributed by atoms with van der Waals surface area (Å²) in [5, 5.41) is 5.68. The predicted molar refractivity (Wildman–Crippen MR) is 124 cm³/mol. The molecular formula is C23H28ClN3O4S. The molecular weight excluding hydrogens is 450 g/mol. The van der Waals surface area contributed by atoms with Gasteiger partial charge in [-0.3, -0.25) is 9.59 Å². The number of halogens is 1. The van der Waals surface area contributed by atoms with Gasteiger partial charge in [0.1, 0.15) is 0 Å². The molecule has 0 aromatic heterocycles. The van der Waals surface area contributed by atoms with Crippen LogP contribution in [0.15, 0.2) is 53.4 Å². The summed E-state index contributed by atoms with van der Waals surface area (Å²) in [5.74, 6) is -1.43. The van der Waals surface area contributed by atoms with Crippen LogP contribution in [0.1, 0.15) is 36.8 Å². The van der Waals surface area contributed by atoms with Gasteiger partial charge in [0, 0.05) is 30.7 Å². The first-order valence-corrected chi connectivity index (χ1v) is 12.5. The Labute approximate surface area is 194 Å². The lowest BCUT2D eigenvalue weighted by atomic mass is 10.0. The van der Waals surface area contributed by atoms with E-state index in [4.69, 9.17) is 11.6 Å². The molecule has 0 spiro atoms. The average molecular weight is 478 g/mol. The lowest BCUT2D eigenvalue weighted by Crippen LogP contribution is -2.46. The van der Waals surface area contributed by atoms with Crippen molar-refractivity contribution >= 4 is 33.4 Å². The standard InChI is InChI=1S/C23H28ClN3O4S/c1-17-5-7-18(8-6-17)16-26-23(29)22(28)25-14-13-20-4-2-3-15-27(20)32(30,31)21-11-9-19(24)10-12-21/h5-12,20H,2-4,13-16H2,1H3,(H,25,28)(H,26,29)/t20-/m0/s1. The van der Waals surface area contributed by atoms with Gasteiger partial charge in [0.25, 0.3) is 0 Å². The molecule has 2 aromatic rings. The third-order valence-electron chi connectivity index (χ3n) is 5.54. The highest BCUT2D eigenvalue weighted by Crippen LogP contribution is 2.27. The van der Waals surface area contributed by atoms with Gasteiger partial charge >= 0.3 is 11.8 Å². The van der Waals surface area contributed by atoms with Crippen LogP contribution in [-0.2, 0) is 26.2 Å². The molecule has 172 valence electrons. The Morgan fingerprint density at radius 3 is 2.34 bits per heavy atom. The molecule has 0 aliphatic carbocycles. The number of rotatable bonds is 7. The molecule has 1 heterocycles. The molecule has 1 fully saturated rings. The van der Waals surface area contributed by atoms with Crippen LogP contribution in [0.2, 0.25) is 5.02 Å². The molecule has 2 N–H and O–H groups in total. The largest absolute Gasteiger partial charge is 0.348 e. The summed E-state index contributed by atoms with van der Waals surface area (Å²) < 4.78 is 27.7. The Hall–Kier alpha value is -2.42. The van der Waals surface area contributed by atoms with Gasteiger partial charge < -0.3 is 10.6 Å². The van der Waals surface area contributed by atoms with Crippen LogP contribution in [0.4, 0.5) is 0 Å². The minimum atomic E-state index is -3.65. The van der Waals surface area contributed by atoms with E-state index in [1.807, 2.05) is 31.2 Å². The summed E-state index contributed by atoms with van der Waals surface area (Å²) >= 11 is 5.88. The van der Waals surface area contributed by atoms with Crippen molar-refractivity contribution in [3.8, 4) is 0 Å². The van der Waals surface area contributed by atoms with Crippen LogP contribution < -0.4 is 10.6 Å². The number of aryl methyl sites for hydroxylation is 1. The van der Waals surface area contributed by atoms with E-state index in [1.165, 1.54) is 16.4 Å². The first kappa shape index (κ1) is 24.2. The third kappa shape index (κ3) is 6.31. The second kappa shape index (κ2) is 10.9. The maximum Gasteiger partial charge on any atom is 0.309 e. The fraction of sp³-hybridized carbons (Fsp3) is 0.391. The summed E-state index contributed by atoms with van der Waals surface area (Å²) in [6.45, 7) is 2.89. The van der Waals surface area contributed by atoms with Crippen LogP contribution in [0.5, 0.6) is 0 Å². The number of nitrogens with one attached hydrogen (secondary N) is 2. The Bertz CT molecular complexity index is 1040. The molecule has 32 heavy (non-hydrogen) atoms. The van der Waals surface area contributed by atoms with Crippen LogP contribution in [0, 0.1) is 6.92 Å². The molecule has 0 unspecified atom stereocenters. The van der Waals surface area contributed by atoms with E-state index in [2.05, 4.69) is 10.6 Å². The second-order valence-electron chi connectivity index (χ2n) is 7.93. The number of sulfonamides is 1. The number of amides is 2. The molecule has 0 saturated carbocycles. The SMILES string of the molecule is Cc1ccc(CNC(=O)C(=O)NCC[C@@H]2CCCCN2S(=O)(=O)c2ccc(Cl)cc2)cc1. The molecule has 0 bridgehead atoms. The summed E-state index contributed by atoms with van der Waals surface area (Å²) in [6, 6.07) is 13.6. The van der Waals surface area contributed by atoms with E-state index in [-0.39, 0.29) is 24.0 Å². The molecule has 1 aliphatic heterocycles. The predicted octanol–water partition coefficient (Wildman–Crippen LogP) is 3.01. The minimum Gasteiger partial charge on any atom is -0.348 e. The Morgan fingerprint density at radius 2 is 1.66 bits per heavy atom. The highest BCUT2D eigenvalue weighted by Gasteiger charge is 2.33. The Morgan fingerprint density at radius 1 is 1.00 bits per heavy atom. The van der Waals surface area contributed by atoms with Crippen LogP contribution in [0.3, 0.4) is 0 Å². The van der Waals surface area contributed by atoms with E-state index in [9.17, 15) is 18.0 Å². The molecule has 1 saturated heterocycles. The number of carbonyl (C=O) groups excluding carboxylic acids is 2. The summed E-state index contributed by atoms with van der Waals surface area (Å²) in [5.41, 5.74) is 2.02. The average Bonchev–Trinajstić information content (AvgIpc) is 2.79. The van der Waals surface area contributed by atoms with E-state index in [1.54, 1.807) is 12.1 Å². The van der Waals surface area contributed by atoms with Crippen LogP contribution in [0.25, 0.3) is 0 Å². The molecule has 0 radical (unpaired) electrons. The molecule has 1 atom stereocenters. The van der Waals surface area contributed by atoms with Gasteiger partial charge in [-0.05, 0) is 56.0 Å². The lowest BCUT2D eigenvalue weighted by molar-refractivity contribution is -0.139. The van der Waals surface area contributed by atoms with Crippen molar-refractivity contribution in [1.82, 2.24) is 14.9 Å². The number of carbonyl (C=O) groups is 2. The van der Waals surface area contributed by atoms with Gasteiger partial charge in [0.05, 0.1) is 4.90 Å². The van der Waals surface area contributed by atoms with Gasteiger partial charge in [0.15, 0.2) is 0 Å². The first-order chi connectivity index (χ1) is 15.3. The monoisotopic (exact) mass is 477 g/mol. The smallest absolute Gasteiger partial charge is 0.309 e. The van der Waals surface area contributed by atoms with Gasteiger partial charge in [-0.15, -0.1) is 0 Å². The number of piperidine rings is 1. The fourth-order valence-corrected chi connectivity index (χ4v) is 5.57. The van der Waals surface area contributed by atoms with Gasteiger partial charge in [0.2, 0.25) is 10.0 Å². The topological polar surface area (TPSA) is 95.6 Å². The zero-order valence-electron chi connectivity index (χ0n) is 18.0. The summed E-state index contributed by atoms with van der Waals surface area (Å²) in [4.78, 5) is 24.4. The number of benzene rings is 2. The molecule has 2 aromatic carbocycles. The normalized spacial score (nSPS) is 17.0. The summed E-state index contributed by atoms with van der Waals surface area (Å²) in [6.07, 6.45) is 2.85. The molecule has 1 aliphatic rings. The molecule has 9 heteroatoms. The minimum absolute atomic E-state index is 0.202. The van der Waals surface area contributed by atoms with Crippen molar-refractivity contribution in [2.24, 2.45) is 0 Å². The fourth-order valence-electron chi connectivity index (χ4n) is 3.72. The zero-order valence-corrected chi connectivity index (χ0v) is 19.6. The van der Waals surface area contributed by atoms with E-state index in [0.29, 0.717) is 24.4 Å². The van der Waals surface area contributed by atoms with Gasteiger partial charge in [-0.1, -0.05) is 47.9 Å². The van der Waals surface area contributed by atoms with Crippen molar-refractivity contribution < 1.29 is 18.0 Å². The third-order valence-corrected chi connectivity index (χ3v) is 7.75. The van der Waals surface area contributed by atoms with Crippen molar-refractivity contribution in [3.63, 3.8) is 0 Å². The number of nitrogens with zero attached hydrogens (tertiary/aromatic N) is 1. The van der Waals surface area contributed by atoms with Crippen molar-refractivity contribution in [2.45, 2.75) is 50.1 Å². The Balaban J connectivity index is 1.51. The maximum atomic E-state index is 13.1. The Kier molecular flexibility index (Phi) is 8.28. The highest BCUT2D eigenvalue weighted by atomic mass is 35.5. The van der Waals surface area contributed by atoms with Crippen LogP contribution >= 0.6 is 11.6 Å². The van der Waals surface area contributed by atoms with Gasteiger partial charge in [-0.2, -0.15) is 4.31 Å². The summed E-state index contributed by atoms with van der Waals surface area (Å²) in [7, 11) is -3.65. The quantitative estimate of drug-likeness (QED) is 0.599. The molecule has 2 amide bonds. The van der Waals surface area contributed by atoms with E-state index < -0.39 is 21.8 Å². The van der Waals surface area contributed by atoms with Crippen LogP contribution in [-0.4, -0.2) is 43.7 Å². The maximum absolute atomic E-state index is 13.1. The van der Waals surface area contributed by atoms with E-state index in [0.717, 1.165) is 24.0 Å². The number of hydrogen-bond donors (Lipinski definition) is 2. The second-order valence-corrected chi connectivity index (χ2v) is 10.3.